The second-order valence-corrected chi connectivity index (χ2v) is 4.26. The highest BCUT2D eigenvalue weighted by molar-refractivity contribution is 5.78. The van der Waals surface area contributed by atoms with Crippen LogP contribution >= 0.6 is 0 Å². The van der Waals surface area contributed by atoms with Crippen LogP contribution in [0.15, 0.2) is 39.9 Å². The highest BCUT2D eigenvalue weighted by atomic mass is 16.4. The second-order valence-electron chi connectivity index (χ2n) is 4.26. The van der Waals surface area contributed by atoms with E-state index in [1.807, 2.05) is 12.1 Å². The average Bonchev–Trinajstić information content (AvgIpc) is 2.86. The standard InChI is InChI=1S/C14H11N3O3/c1-8-13(20-7-15-8)12(18)6-11-14(19)17-10-5-3-2-4-9(10)16-11/h2-7,18H,1H3,(H,17,19)/b12-6-. The van der Waals surface area contributed by atoms with Crippen molar-refractivity contribution >= 4 is 22.9 Å². The molecule has 0 amide bonds. The predicted octanol–water partition coefficient (Wildman–Crippen LogP) is 2.28. The lowest BCUT2D eigenvalue weighted by molar-refractivity contribution is 0.459. The summed E-state index contributed by atoms with van der Waals surface area (Å²) >= 11 is 0. The first-order valence-electron chi connectivity index (χ1n) is 5.95. The number of aryl methyl sites for hydroxylation is 1. The van der Waals surface area contributed by atoms with E-state index in [0.29, 0.717) is 16.7 Å². The molecular weight excluding hydrogens is 258 g/mol. The molecule has 0 unspecified atom stereocenters. The summed E-state index contributed by atoms with van der Waals surface area (Å²) in [6.45, 7) is 1.70. The molecule has 6 nitrogen and oxygen atoms in total. The van der Waals surface area contributed by atoms with Crippen LogP contribution in [0, 0.1) is 6.92 Å². The normalized spacial score (nSPS) is 11.9. The molecule has 0 saturated carbocycles. The number of hydrogen-bond donors (Lipinski definition) is 2. The van der Waals surface area contributed by atoms with Gasteiger partial charge in [-0.15, -0.1) is 0 Å². The summed E-state index contributed by atoms with van der Waals surface area (Å²) in [5.41, 5.74) is 1.55. The van der Waals surface area contributed by atoms with Crippen LogP contribution in [0.4, 0.5) is 0 Å². The number of aromatic nitrogens is 3. The van der Waals surface area contributed by atoms with Crippen LogP contribution in [-0.4, -0.2) is 20.1 Å². The van der Waals surface area contributed by atoms with Crippen LogP contribution in [0.1, 0.15) is 17.1 Å². The van der Waals surface area contributed by atoms with Crippen molar-refractivity contribution in [2.45, 2.75) is 6.92 Å². The van der Waals surface area contributed by atoms with Gasteiger partial charge in [0.1, 0.15) is 5.69 Å². The first-order chi connectivity index (χ1) is 9.65. The van der Waals surface area contributed by atoms with Crippen molar-refractivity contribution in [1.29, 1.82) is 0 Å². The number of aromatic amines is 1. The third kappa shape index (κ3) is 2.07. The van der Waals surface area contributed by atoms with Crippen molar-refractivity contribution in [2.75, 3.05) is 0 Å². The maximum Gasteiger partial charge on any atom is 0.274 e. The van der Waals surface area contributed by atoms with Gasteiger partial charge in [0.25, 0.3) is 5.56 Å². The summed E-state index contributed by atoms with van der Waals surface area (Å²) in [6, 6.07) is 7.17. The Kier molecular flexibility index (Phi) is 2.83. The number of rotatable bonds is 2. The van der Waals surface area contributed by atoms with Crippen LogP contribution in [0.3, 0.4) is 0 Å². The summed E-state index contributed by atoms with van der Waals surface area (Å²) in [6.07, 6.45) is 2.49. The Bertz CT molecular complexity index is 861. The number of nitrogens with zero attached hydrogens (tertiary/aromatic N) is 2. The van der Waals surface area contributed by atoms with Crippen molar-refractivity contribution in [1.82, 2.24) is 15.0 Å². The van der Waals surface area contributed by atoms with Crippen LogP contribution in [-0.2, 0) is 0 Å². The fourth-order valence-electron chi connectivity index (χ4n) is 1.88. The van der Waals surface area contributed by atoms with Gasteiger partial charge >= 0.3 is 0 Å². The molecule has 0 spiro atoms. The van der Waals surface area contributed by atoms with E-state index >= 15 is 0 Å². The van der Waals surface area contributed by atoms with E-state index in [1.54, 1.807) is 19.1 Å². The minimum absolute atomic E-state index is 0.108. The number of nitrogens with one attached hydrogen (secondary N) is 1. The molecule has 0 aliphatic heterocycles. The minimum atomic E-state index is -0.382. The summed E-state index contributed by atoms with van der Waals surface area (Å²) in [7, 11) is 0. The summed E-state index contributed by atoms with van der Waals surface area (Å²) in [5.74, 6) is 0.0349. The Labute approximate surface area is 113 Å². The van der Waals surface area contributed by atoms with Gasteiger partial charge in [0.2, 0.25) is 0 Å². The lowest BCUT2D eigenvalue weighted by atomic mass is 10.2. The number of fused-ring (bicyclic) bond motifs is 1. The Hall–Kier alpha value is -2.89. The number of benzene rings is 1. The summed E-state index contributed by atoms with van der Waals surface area (Å²) in [4.78, 5) is 22.7. The van der Waals surface area contributed by atoms with Gasteiger partial charge in [0, 0.05) is 6.08 Å². The first-order valence-corrected chi connectivity index (χ1v) is 5.95. The van der Waals surface area contributed by atoms with Gasteiger partial charge < -0.3 is 14.5 Å². The van der Waals surface area contributed by atoms with E-state index in [1.165, 1.54) is 12.5 Å². The van der Waals surface area contributed by atoms with Gasteiger partial charge in [-0.2, -0.15) is 0 Å². The highest BCUT2D eigenvalue weighted by Gasteiger charge is 2.10. The molecule has 20 heavy (non-hydrogen) atoms. The molecule has 2 heterocycles. The third-order valence-electron chi connectivity index (χ3n) is 2.88. The van der Waals surface area contributed by atoms with Gasteiger partial charge in [-0.25, -0.2) is 9.97 Å². The van der Waals surface area contributed by atoms with Crippen molar-refractivity contribution < 1.29 is 9.52 Å². The third-order valence-corrected chi connectivity index (χ3v) is 2.88. The smallest absolute Gasteiger partial charge is 0.274 e. The lowest BCUT2D eigenvalue weighted by Crippen LogP contribution is -2.12. The molecule has 3 rings (SSSR count). The van der Waals surface area contributed by atoms with Gasteiger partial charge in [-0.3, -0.25) is 4.79 Å². The largest absolute Gasteiger partial charge is 0.504 e. The molecule has 2 aromatic heterocycles. The highest BCUT2D eigenvalue weighted by Crippen LogP contribution is 2.17. The Morgan fingerprint density at radius 3 is 2.95 bits per heavy atom. The maximum absolute atomic E-state index is 11.9. The maximum atomic E-state index is 11.9. The molecule has 0 aliphatic carbocycles. The van der Waals surface area contributed by atoms with Crippen LogP contribution in [0.2, 0.25) is 0 Å². The quantitative estimate of drug-likeness (QED) is 0.696. The number of aliphatic hydroxyl groups excluding tert-OH is 1. The van der Waals surface area contributed by atoms with Gasteiger partial charge in [0.05, 0.1) is 16.7 Å². The van der Waals surface area contributed by atoms with Crippen molar-refractivity contribution in [3.05, 3.63) is 58.2 Å². The Morgan fingerprint density at radius 1 is 1.40 bits per heavy atom. The topological polar surface area (TPSA) is 92.0 Å². The van der Waals surface area contributed by atoms with E-state index in [9.17, 15) is 9.90 Å². The zero-order valence-corrected chi connectivity index (χ0v) is 10.6. The number of aliphatic hydroxyl groups is 1. The monoisotopic (exact) mass is 269 g/mol. The molecule has 100 valence electrons. The summed E-state index contributed by atoms with van der Waals surface area (Å²) < 4.78 is 5.06. The van der Waals surface area contributed by atoms with E-state index in [-0.39, 0.29) is 22.8 Å². The molecule has 0 fully saturated rings. The van der Waals surface area contributed by atoms with E-state index in [0.717, 1.165) is 0 Å². The Balaban J connectivity index is 2.13. The van der Waals surface area contributed by atoms with E-state index in [2.05, 4.69) is 15.0 Å². The lowest BCUT2D eigenvalue weighted by Gasteiger charge is -2.00. The summed E-state index contributed by atoms with van der Waals surface area (Å²) in [5, 5.41) is 9.97. The van der Waals surface area contributed by atoms with Crippen molar-refractivity contribution in [3.63, 3.8) is 0 Å². The molecule has 0 atom stereocenters. The second kappa shape index (κ2) is 4.65. The van der Waals surface area contributed by atoms with Crippen molar-refractivity contribution in [2.24, 2.45) is 0 Å². The van der Waals surface area contributed by atoms with E-state index in [4.69, 9.17) is 4.42 Å². The molecule has 2 N–H and O–H groups in total. The number of oxazole rings is 1. The molecule has 3 aromatic rings. The minimum Gasteiger partial charge on any atom is -0.504 e. The fraction of sp³-hybridized carbons (Fsp3) is 0.0714. The van der Waals surface area contributed by atoms with Crippen LogP contribution < -0.4 is 5.56 Å². The molecular formula is C14H11N3O3. The SMILES string of the molecule is Cc1ncoc1/C(O)=C/c1nc2ccccc2[nH]c1=O. The van der Waals surface area contributed by atoms with Gasteiger partial charge in [0.15, 0.2) is 17.9 Å². The van der Waals surface area contributed by atoms with Crippen LogP contribution in [0.25, 0.3) is 22.9 Å². The molecule has 0 radical (unpaired) electrons. The Morgan fingerprint density at radius 2 is 2.20 bits per heavy atom. The number of para-hydroxylation sites is 2. The van der Waals surface area contributed by atoms with Crippen LogP contribution in [0.5, 0.6) is 0 Å². The first kappa shape index (κ1) is 12.2. The molecule has 6 heteroatoms. The fourth-order valence-corrected chi connectivity index (χ4v) is 1.88. The van der Waals surface area contributed by atoms with Gasteiger partial charge in [-0.05, 0) is 19.1 Å². The van der Waals surface area contributed by atoms with Gasteiger partial charge in [-0.1, -0.05) is 12.1 Å². The number of hydrogen-bond acceptors (Lipinski definition) is 5. The molecule has 0 saturated heterocycles. The zero-order chi connectivity index (χ0) is 14.1. The predicted molar refractivity (Wildman–Crippen MR) is 74.1 cm³/mol. The average molecular weight is 269 g/mol. The van der Waals surface area contributed by atoms with E-state index < -0.39 is 0 Å². The number of H-pyrrole nitrogens is 1. The molecule has 0 bridgehead atoms. The zero-order valence-electron chi connectivity index (χ0n) is 10.6. The molecule has 1 aromatic carbocycles. The molecule has 0 aliphatic rings. The van der Waals surface area contributed by atoms with Crippen molar-refractivity contribution in [3.8, 4) is 0 Å².